The van der Waals surface area contributed by atoms with Gasteiger partial charge in [-0.1, -0.05) is 13.8 Å². The van der Waals surface area contributed by atoms with Crippen LogP contribution in [0.25, 0.3) is 0 Å². The van der Waals surface area contributed by atoms with Gasteiger partial charge in [-0.25, -0.2) is 0 Å². The zero-order valence-electron chi connectivity index (χ0n) is 14.4. The Hall–Kier alpha value is -0.0700. The van der Waals surface area contributed by atoms with Gasteiger partial charge in [0.25, 0.3) is 0 Å². The van der Waals surface area contributed by atoms with Crippen molar-refractivity contribution in [2.24, 2.45) is 11.8 Å². The van der Waals surface area contributed by atoms with Crippen LogP contribution >= 0.6 is 24.8 Å². The van der Waals surface area contributed by atoms with E-state index in [-0.39, 0.29) is 36.8 Å². The van der Waals surface area contributed by atoms with Gasteiger partial charge in [0.05, 0.1) is 13.2 Å². The molecule has 0 bridgehead atoms. The van der Waals surface area contributed by atoms with Gasteiger partial charge >= 0.3 is 0 Å². The lowest BCUT2D eigenvalue weighted by Crippen LogP contribution is -2.51. The number of amides is 1. The number of morpholine rings is 1. The third kappa shape index (κ3) is 8.54. The molecule has 0 aromatic rings. The summed E-state index contributed by atoms with van der Waals surface area (Å²) in [6.07, 6.45) is 3.58. The first-order chi connectivity index (χ1) is 10.1. The Balaban J connectivity index is 0.00000242. The molecule has 2 aliphatic heterocycles. The molecule has 0 aromatic carbocycles. The summed E-state index contributed by atoms with van der Waals surface area (Å²) in [5.74, 6) is 1.73. The van der Waals surface area contributed by atoms with Gasteiger partial charge in [-0.2, -0.15) is 0 Å². The maximum atomic E-state index is 11.9. The van der Waals surface area contributed by atoms with Crippen LogP contribution in [-0.4, -0.2) is 62.8 Å². The van der Waals surface area contributed by atoms with Gasteiger partial charge < -0.3 is 20.3 Å². The molecule has 1 amide bonds. The second-order valence-electron chi connectivity index (χ2n) is 6.79. The molecule has 0 saturated carbocycles. The summed E-state index contributed by atoms with van der Waals surface area (Å²) in [5, 5.41) is 6.18. The number of nitrogens with one attached hydrogen (secondary N) is 2. The largest absolute Gasteiger partial charge is 0.378 e. The van der Waals surface area contributed by atoms with E-state index < -0.39 is 0 Å². The van der Waals surface area contributed by atoms with E-state index in [1.165, 1.54) is 19.5 Å². The van der Waals surface area contributed by atoms with E-state index in [0.29, 0.717) is 13.2 Å². The minimum absolute atomic E-state index is 0. The van der Waals surface area contributed by atoms with Gasteiger partial charge in [0.15, 0.2) is 0 Å². The topological polar surface area (TPSA) is 53.6 Å². The molecule has 2 heterocycles. The summed E-state index contributed by atoms with van der Waals surface area (Å²) in [6, 6.07) is -0.164. The van der Waals surface area contributed by atoms with Crippen molar-refractivity contribution < 1.29 is 9.53 Å². The molecule has 2 saturated heterocycles. The Morgan fingerprint density at radius 3 is 2.52 bits per heavy atom. The number of unbranched alkanes of at least 4 members (excludes halogenated alkanes) is 1. The molecule has 2 aliphatic rings. The molecule has 0 radical (unpaired) electrons. The smallest absolute Gasteiger partial charge is 0.239 e. The molecule has 23 heavy (non-hydrogen) atoms. The molecule has 2 rings (SSSR count). The summed E-state index contributed by atoms with van der Waals surface area (Å²) in [7, 11) is 0. The Bertz CT molecular complexity index is 318. The first kappa shape index (κ1) is 22.9. The van der Waals surface area contributed by atoms with E-state index >= 15 is 0 Å². The lowest BCUT2D eigenvalue weighted by Gasteiger charge is -2.35. The number of hydrogen-bond donors (Lipinski definition) is 2. The molecule has 3 atom stereocenters. The van der Waals surface area contributed by atoms with E-state index in [2.05, 4.69) is 29.4 Å². The second-order valence-corrected chi connectivity index (χ2v) is 6.79. The first-order valence-electron chi connectivity index (χ1n) is 8.46. The van der Waals surface area contributed by atoms with Crippen molar-refractivity contribution in [1.29, 1.82) is 0 Å². The molecular weight excluding hydrogens is 337 g/mol. The molecular formula is C16H33Cl2N3O2. The fourth-order valence-electron chi connectivity index (χ4n) is 3.50. The number of ether oxygens (including phenoxy) is 1. The van der Waals surface area contributed by atoms with Crippen LogP contribution in [0.1, 0.15) is 33.1 Å². The van der Waals surface area contributed by atoms with Gasteiger partial charge in [-0.05, 0) is 37.6 Å². The standard InChI is InChI=1S/C16H31N3O2.2ClH/c1-13-9-14(2)11-19(10-13)7-4-3-5-18-16(20)15-12-21-8-6-17-15;;/h13-15,17H,3-12H2,1-2H3,(H,18,20);2*1H. The first-order valence-corrected chi connectivity index (χ1v) is 8.46. The van der Waals surface area contributed by atoms with E-state index in [4.69, 9.17) is 4.74 Å². The van der Waals surface area contributed by atoms with E-state index in [1.54, 1.807) is 0 Å². The van der Waals surface area contributed by atoms with Crippen LogP contribution in [0.2, 0.25) is 0 Å². The van der Waals surface area contributed by atoms with Crippen molar-refractivity contribution in [2.75, 3.05) is 45.9 Å². The molecule has 7 heteroatoms. The van der Waals surface area contributed by atoms with Crippen molar-refractivity contribution in [3.8, 4) is 0 Å². The van der Waals surface area contributed by atoms with Gasteiger partial charge in [0.2, 0.25) is 5.91 Å². The monoisotopic (exact) mass is 369 g/mol. The van der Waals surface area contributed by atoms with Crippen molar-refractivity contribution in [3.05, 3.63) is 0 Å². The maximum absolute atomic E-state index is 11.9. The zero-order valence-corrected chi connectivity index (χ0v) is 16.0. The average molecular weight is 370 g/mol. The molecule has 2 fully saturated rings. The fourth-order valence-corrected chi connectivity index (χ4v) is 3.50. The van der Waals surface area contributed by atoms with Gasteiger partial charge in [0, 0.05) is 26.2 Å². The van der Waals surface area contributed by atoms with Crippen LogP contribution in [0.15, 0.2) is 0 Å². The van der Waals surface area contributed by atoms with Crippen molar-refractivity contribution in [1.82, 2.24) is 15.5 Å². The molecule has 138 valence electrons. The van der Waals surface area contributed by atoms with Gasteiger partial charge in [0.1, 0.15) is 6.04 Å². The number of hydrogen-bond acceptors (Lipinski definition) is 4. The van der Waals surface area contributed by atoms with E-state index in [0.717, 1.165) is 44.3 Å². The quantitative estimate of drug-likeness (QED) is 0.699. The Morgan fingerprint density at radius 1 is 1.22 bits per heavy atom. The second kappa shape index (κ2) is 12.3. The van der Waals surface area contributed by atoms with Crippen molar-refractivity contribution in [2.45, 2.75) is 39.2 Å². The average Bonchev–Trinajstić information content (AvgIpc) is 2.46. The molecule has 0 aliphatic carbocycles. The molecule has 2 N–H and O–H groups in total. The minimum atomic E-state index is -0.164. The van der Waals surface area contributed by atoms with Crippen LogP contribution in [0.3, 0.4) is 0 Å². The zero-order chi connectivity index (χ0) is 15.1. The van der Waals surface area contributed by atoms with Crippen LogP contribution in [0, 0.1) is 11.8 Å². The number of halogens is 2. The summed E-state index contributed by atoms with van der Waals surface area (Å²) >= 11 is 0. The third-order valence-electron chi connectivity index (χ3n) is 4.38. The predicted molar refractivity (Wildman–Crippen MR) is 98.7 cm³/mol. The SMILES string of the molecule is CC1CC(C)CN(CCCCNC(=O)C2COCCN2)C1.Cl.Cl. The lowest BCUT2D eigenvalue weighted by atomic mass is 9.92. The maximum Gasteiger partial charge on any atom is 0.239 e. The molecule has 5 nitrogen and oxygen atoms in total. The molecule has 0 aromatic heterocycles. The van der Waals surface area contributed by atoms with Gasteiger partial charge in [-0.3, -0.25) is 4.79 Å². The highest BCUT2D eigenvalue weighted by Gasteiger charge is 2.22. The minimum Gasteiger partial charge on any atom is -0.378 e. The third-order valence-corrected chi connectivity index (χ3v) is 4.38. The van der Waals surface area contributed by atoms with E-state index in [1.807, 2.05) is 0 Å². The highest BCUT2D eigenvalue weighted by molar-refractivity contribution is 5.85. The molecule has 0 spiro atoms. The lowest BCUT2D eigenvalue weighted by molar-refractivity contribution is -0.125. The molecule has 3 unspecified atom stereocenters. The Morgan fingerprint density at radius 2 is 1.91 bits per heavy atom. The number of carbonyl (C=O) groups is 1. The number of rotatable bonds is 6. The number of likely N-dealkylation sites (tertiary alicyclic amines) is 1. The summed E-state index contributed by atoms with van der Waals surface area (Å²) < 4.78 is 5.30. The summed E-state index contributed by atoms with van der Waals surface area (Å²) in [5.41, 5.74) is 0. The van der Waals surface area contributed by atoms with Crippen LogP contribution < -0.4 is 10.6 Å². The highest BCUT2D eigenvalue weighted by atomic mass is 35.5. The number of carbonyl (C=O) groups excluding carboxylic acids is 1. The fraction of sp³-hybridized carbons (Fsp3) is 0.938. The summed E-state index contributed by atoms with van der Waals surface area (Å²) in [4.78, 5) is 14.5. The van der Waals surface area contributed by atoms with Crippen LogP contribution in [-0.2, 0) is 9.53 Å². The van der Waals surface area contributed by atoms with Crippen molar-refractivity contribution >= 4 is 30.7 Å². The van der Waals surface area contributed by atoms with Crippen molar-refractivity contribution in [3.63, 3.8) is 0 Å². The van der Waals surface area contributed by atoms with Gasteiger partial charge in [-0.15, -0.1) is 24.8 Å². The number of nitrogens with zero attached hydrogens (tertiary/aromatic N) is 1. The number of piperidine rings is 1. The van der Waals surface area contributed by atoms with Crippen LogP contribution in [0.4, 0.5) is 0 Å². The highest BCUT2D eigenvalue weighted by Crippen LogP contribution is 2.20. The Labute approximate surface area is 153 Å². The van der Waals surface area contributed by atoms with Crippen LogP contribution in [0.5, 0.6) is 0 Å². The summed E-state index contributed by atoms with van der Waals surface area (Å²) in [6.45, 7) is 11.1. The van der Waals surface area contributed by atoms with E-state index in [9.17, 15) is 4.79 Å². The Kier molecular flexibility index (Phi) is 12.3. The normalized spacial score (nSPS) is 28.3. The predicted octanol–water partition coefficient (Wildman–Crippen LogP) is 1.69.